The van der Waals surface area contributed by atoms with Crippen LogP contribution in [0.1, 0.15) is 12.0 Å². The first-order valence-electron chi connectivity index (χ1n) is 4.99. The fourth-order valence-electron chi connectivity index (χ4n) is 1.92. The van der Waals surface area contributed by atoms with Crippen molar-refractivity contribution in [1.82, 2.24) is 0 Å². The Morgan fingerprint density at radius 2 is 1.71 bits per heavy atom. The Kier molecular flexibility index (Phi) is 1.76. The Morgan fingerprint density at radius 1 is 0.857 bits per heavy atom. The Hall–Kier alpha value is -1.38. The van der Waals surface area contributed by atoms with E-state index in [-0.39, 0.29) is 0 Å². The summed E-state index contributed by atoms with van der Waals surface area (Å²) < 4.78 is 16.7. The summed E-state index contributed by atoms with van der Waals surface area (Å²) in [6.45, 7) is 2.03. The topological polar surface area (TPSA) is 27.7 Å². The van der Waals surface area contributed by atoms with Crippen molar-refractivity contribution in [3.63, 3.8) is 0 Å². The van der Waals surface area contributed by atoms with E-state index < -0.39 is 0 Å². The van der Waals surface area contributed by atoms with Gasteiger partial charge in [0.05, 0.1) is 6.61 Å². The predicted octanol–water partition coefficient (Wildman–Crippen LogP) is 1.78. The van der Waals surface area contributed by atoms with Crippen LogP contribution in [0.2, 0.25) is 0 Å². The second-order valence-electron chi connectivity index (χ2n) is 3.53. The first-order valence-corrected chi connectivity index (χ1v) is 4.99. The van der Waals surface area contributed by atoms with Crippen LogP contribution in [0, 0.1) is 0 Å². The fraction of sp³-hybridized carbons (Fsp3) is 0.455. The molecule has 3 rings (SSSR count). The third-order valence-electron chi connectivity index (χ3n) is 2.58. The van der Waals surface area contributed by atoms with Gasteiger partial charge in [0, 0.05) is 0 Å². The zero-order valence-electron chi connectivity index (χ0n) is 7.91. The van der Waals surface area contributed by atoms with Crippen molar-refractivity contribution >= 4 is 0 Å². The van der Waals surface area contributed by atoms with Crippen molar-refractivity contribution in [1.29, 1.82) is 0 Å². The number of ether oxygens (including phenoxy) is 3. The van der Waals surface area contributed by atoms with E-state index in [1.165, 1.54) is 5.56 Å². The van der Waals surface area contributed by atoms with Gasteiger partial charge in [-0.05, 0) is 24.5 Å². The molecule has 0 N–H and O–H groups in total. The van der Waals surface area contributed by atoms with E-state index in [1.54, 1.807) is 0 Å². The van der Waals surface area contributed by atoms with Crippen LogP contribution in [0.5, 0.6) is 17.2 Å². The standard InChI is InChI=1S/C11H12O3/c1-2-8-3-4-9-11(10(8)13-5-1)14-7-6-12-9/h3-4H,1-2,5-7H2. The van der Waals surface area contributed by atoms with Crippen LogP contribution in [0.15, 0.2) is 12.1 Å². The van der Waals surface area contributed by atoms with E-state index >= 15 is 0 Å². The van der Waals surface area contributed by atoms with Crippen LogP contribution in [0.3, 0.4) is 0 Å². The van der Waals surface area contributed by atoms with Crippen molar-refractivity contribution in [2.24, 2.45) is 0 Å². The minimum Gasteiger partial charge on any atom is -0.489 e. The predicted molar refractivity (Wildman–Crippen MR) is 51.2 cm³/mol. The summed E-state index contributed by atoms with van der Waals surface area (Å²) in [6.07, 6.45) is 2.17. The maximum absolute atomic E-state index is 5.62. The molecule has 14 heavy (non-hydrogen) atoms. The summed E-state index contributed by atoms with van der Waals surface area (Å²) in [4.78, 5) is 0. The largest absolute Gasteiger partial charge is 0.489 e. The Bertz CT molecular complexity index is 325. The molecule has 0 fully saturated rings. The molecular weight excluding hydrogens is 180 g/mol. The van der Waals surface area contributed by atoms with Crippen molar-refractivity contribution in [3.8, 4) is 17.2 Å². The van der Waals surface area contributed by atoms with E-state index in [4.69, 9.17) is 14.2 Å². The molecule has 0 saturated heterocycles. The first kappa shape index (κ1) is 7.97. The minimum atomic E-state index is 0.618. The lowest BCUT2D eigenvalue weighted by atomic mass is 10.1. The molecule has 0 aliphatic carbocycles. The second-order valence-corrected chi connectivity index (χ2v) is 3.53. The first-order chi connectivity index (χ1) is 6.95. The number of fused-ring (bicyclic) bond motifs is 3. The number of benzene rings is 1. The molecular formula is C11H12O3. The number of rotatable bonds is 0. The molecule has 0 unspecified atom stereocenters. The van der Waals surface area contributed by atoms with Crippen LogP contribution in [-0.2, 0) is 6.42 Å². The van der Waals surface area contributed by atoms with Crippen LogP contribution < -0.4 is 14.2 Å². The third-order valence-corrected chi connectivity index (χ3v) is 2.58. The Labute approximate surface area is 82.6 Å². The number of aryl methyl sites for hydroxylation is 1. The zero-order valence-corrected chi connectivity index (χ0v) is 7.91. The van der Waals surface area contributed by atoms with Gasteiger partial charge in [0.25, 0.3) is 0 Å². The van der Waals surface area contributed by atoms with E-state index in [0.29, 0.717) is 13.2 Å². The fourth-order valence-corrected chi connectivity index (χ4v) is 1.92. The Balaban J connectivity index is 2.12. The van der Waals surface area contributed by atoms with E-state index in [2.05, 4.69) is 6.07 Å². The SMILES string of the molecule is c1cc2c(c3c1CCCO3)OCCO2. The van der Waals surface area contributed by atoms with Crippen LogP contribution in [0.4, 0.5) is 0 Å². The molecule has 0 bridgehead atoms. The minimum absolute atomic E-state index is 0.618. The van der Waals surface area contributed by atoms with Crippen molar-refractivity contribution in [2.45, 2.75) is 12.8 Å². The molecule has 0 spiro atoms. The summed E-state index contributed by atoms with van der Waals surface area (Å²) in [5, 5.41) is 0. The van der Waals surface area contributed by atoms with Gasteiger partial charge in [-0.15, -0.1) is 0 Å². The lowest BCUT2D eigenvalue weighted by Crippen LogP contribution is -2.18. The van der Waals surface area contributed by atoms with Crippen LogP contribution in [-0.4, -0.2) is 19.8 Å². The highest BCUT2D eigenvalue weighted by molar-refractivity contribution is 5.56. The highest BCUT2D eigenvalue weighted by Crippen LogP contribution is 2.43. The van der Waals surface area contributed by atoms with Gasteiger partial charge in [0.15, 0.2) is 11.5 Å². The molecule has 3 nitrogen and oxygen atoms in total. The molecule has 0 saturated carbocycles. The van der Waals surface area contributed by atoms with E-state index in [9.17, 15) is 0 Å². The van der Waals surface area contributed by atoms with Crippen molar-refractivity contribution < 1.29 is 14.2 Å². The van der Waals surface area contributed by atoms with Gasteiger partial charge in [0.1, 0.15) is 13.2 Å². The van der Waals surface area contributed by atoms with Gasteiger partial charge in [-0.3, -0.25) is 0 Å². The van der Waals surface area contributed by atoms with Crippen LogP contribution >= 0.6 is 0 Å². The molecule has 0 aromatic heterocycles. The summed E-state index contributed by atoms with van der Waals surface area (Å²) in [7, 11) is 0. The monoisotopic (exact) mass is 192 g/mol. The van der Waals surface area contributed by atoms with Gasteiger partial charge in [-0.2, -0.15) is 0 Å². The summed E-state index contributed by atoms with van der Waals surface area (Å²) >= 11 is 0. The smallest absolute Gasteiger partial charge is 0.203 e. The number of hydrogen-bond acceptors (Lipinski definition) is 3. The summed E-state index contributed by atoms with van der Waals surface area (Å²) in [5.41, 5.74) is 1.24. The van der Waals surface area contributed by atoms with Gasteiger partial charge in [-0.1, -0.05) is 6.07 Å². The molecule has 2 aliphatic rings. The zero-order chi connectivity index (χ0) is 9.38. The van der Waals surface area contributed by atoms with E-state index in [1.807, 2.05) is 6.07 Å². The highest BCUT2D eigenvalue weighted by atomic mass is 16.6. The molecule has 74 valence electrons. The molecule has 1 aromatic rings. The van der Waals surface area contributed by atoms with Gasteiger partial charge < -0.3 is 14.2 Å². The lowest BCUT2D eigenvalue weighted by molar-refractivity contribution is 0.159. The molecule has 2 aliphatic heterocycles. The molecule has 1 aromatic carbocycles. The molecule has 0 amide bonds. The highest BCUT2D eigenvalue weighted by Gasteiger charge is 2.22. The lowest BCUT2D eigenvalue weighted by Gasteiger charge is -2.25. The average Bonchev–Trinajstić information content (AvgIpc) is 2.29. The van der Waals surface area contributed by atoms with Crippen LogP contribution in [0.25, 0.3) is 0 Å². The number of hydrogen-bond donors (Lipinski definition) is 0. The molecule has 2 heterocycles. The van der Waals surface area contributed by atoms with Gasteiger partial charge >= 0.3 is 0 Å². The summed E-state index contributed by atoms with van der Waals surface area (Å²) in [5.74, 6) is 2.51. The van der Waals surface area contributed by atoms with Crippen molar-refractivity contribution in [3.05, 3.63) is 17.7 Å². The third kappa shape index (κ3) is 1.12. The maximum atomic E-state index is 5.62. The molecule has 0 atom stereocenters. The van der Waals surface area contributed by atoms with E-state index in [0.717, 1.165) is 36.7 Å². The quantitative estimate of drug-likeness (QED) is 0.627. The Morgan fingerprint density at radius 3 is 2.71 bits per heavy atom. The van der Waals surface area contributed by atoms with Gasteiger partial charge in [-0.25, -0.2) is 0 Å². The van der Waals surface area contributed by atoms with Crippen molar-refractivity contribution in [2.75, 3.05) is 19.8 Å². The molecule has 3 heteroatoms. The van der Waals surface area contributed by atoms with Gasteiger partial charge in [0.2, 0.25) is 5.75 Å². The molecule has 0 radical (unpaired) electrons. The normalized spacial score (nSPS) is 18.3. The summed E-state index contributed by atoms with van der Waals surface area (Å²) in [6, 6.07) is 4.05. The average molecular weight is 192 g/mol. The maximum Gasteiger partial charge on any atom is 0.203 e. The second kappa shape index (κ2) is 3.08.